The van der Waals surface area contributed by atoms with Crippen LogP contribution in [0, 0.1) is 6.92 Å². The smallest absolute Gasteiger partial charge is 0.234 e. The van der Waals surface area contributed by atoms with E-state index in [0.717, 1.165) is 53.6 Å². The Morgan fingerprint density at radius 3 is 2.84 bits per heavy atom. The number of amides is 1. The molecular formula is C22H24ClN5OS2. The van der Waals surface area contributed by atoms with Crippen molar-refractivity contribution in [3.8, 4) is 5.69 Å². The molecule has 1 N–H and O–H groups in total. The summed E-state index contributed by atoms with van der Waals surface area (Å²) in [6, 6.07) is 13.8. The molecule has 0 radical (unpaired) electrons. The number of hydrogen-bond acceptors (Lipinski definition) is 6. The highest BCUT2D eigenvalue weighted by Crippen LogP contribution is 2.24. The molecule has 1 aromatic heterocycles. The zero-order valence-corrected chi connectivity index (χ0v) is 19.6. The number of carbonyl (C=O) groups excluding carboxylic acids is 1. The van der Waals surface area contributed by atoms with Gasteiger partial charge in [0, 0.05) is 41.8 Å². The minimum absolute atomic E-state index is 0.0665. The van der Waals surface area contributed by atoms with Crippen LogP contribution in [0.4, 0.5) is 5.69 Å². The van der Waals surface area contributed by atoms with Crippen molar-refractivity contribution < 1.29 is 4.79 Å². The molecule has 1 aliphatic rings. The van der Waals surface area contributed by atoms with Gasteiger partial charge >= 0.3 is 0 Å². The Bertz CT molecular complexity index is 1050. The zero-order valence-electron chi connectivity index (χ0n) is 17.3. The summed E-state index contributed by atoms with van der Waals surface area (Å²) < 4.78 is 1.84. The van der Waals surface area contributed by atoms with E-state index in [4.69, 9.17) is 11.6 Å². The number of anilines is 1. The minimum Gasteiger partial charge on any atom is -0.325 e. The second-order valence-electron chi connectivity index (χ2n) is 7.30. The van der Waals surface area contributed by atoms with Crippen molar-refractivity contribution in [2.45, 2.75) is 18.6 Å². The van der Waals surface area contributed by atoms with Crippen molar-refractivity contribution in [2.24, 2.45) is 0 Å². The lowest BCUT2D eigenvalue weighted by atomic mass is 10.1. The van der Waals surface area contributed by atoms with Crippen molar-refractivity contribution >= 4 is 46.7 Å². The number of benzene rings is 2. The van der Waals surface area contributed by atoms with Crippen LogP contribution in [0.5, 0.6) is 0 Å². The van der Waals surface area contributed by atoms with Crippen LogP contribution >= 0.6 is 35.1 Å². The van der Waals surface area contributed by atoms with E-state index in [9.17, 15) is 4.79 Å². The fourth-order valence-electron chi connectivity index (χ4n) is 3.33. The number of thioether (sulfide) groups is 2. The van der Waals surface area contributed by atoms with Crippen LogP contribution in [0.2, 0.25) is 5.02 Å². The van der Waals surface area contributed by atoms with Gasteiger partial charge in [0.05, 0.1) is 11.4 Å². The molecule has 162 valence electrons. The predicted octanol–water partition coefficient (Wildman–Crippen LogP) is 4.51. The molecule has 1 saturated heterocycles. The summed E-state index contributed by atoms with van der Waals surface area (Å²) in [7, 11) is 0. The first-order valence-electron chi connectivity index (χ1n) is 10.1. The van der Waals surface area contributed by atoms with Crippen LogP contribution in [-0.4, -0.2) is 55.9 Å². The van der Waals surface area contributed by atoms with Gasteiger partial charge in [-0.1, -0.05) is 47.6 Å². The highest BCUT2D eigenvalue weighted by Gasteiger charge is 2.15. The third-order valence-corrected chi connectivity index (χ3v) is 7.36. The van der Waals surface area contributed by atoms with Crippen LogP contribution in [0.3, 0.4) is 0 Å². The topological polar surface area (TPSA) is 63.1 Å². The first-order chi connectivity index (χ1) is 15.1. The normalized spacial score (nSPS) is 14.5. The molecule has 0 unspecified atom stereocenters. The number of nitrogens with one attached hydrogen (secondary N) is 1. The Hall–Kier alpha value is -2.00. The van der Waals surface area contributed by atoms with E-state index < -0.39 is 0 Å². The Labute approximate surface area is 195 Å². The third kappa shape index (κ3) is 5.83. The van der Waals surface area contributed by atoms with Gasteiger partial charge in [-0.25, -0.2) is 0 Å². The predicted molar refractivity (Wildman–Crippen MR) is 130 cm³/mol. The van der Waals surface area contributed by atoms with Crippen LogP contribution in [-0.2, 0) is 11.3 Å². The molecule has 2 heterocycles. The maximum Gasteiger partial charge on any atom is 0.234 e. The van der Waals surface area contributed by atoms with Gasteiger partial charge in [-0.2, -0.15) is 11.8 Å². The van der Waals surface area contributed by atoms with Gasteiger partial charge < -0.3 is 5.32 Å². The van der Waals surface area contributed by atoms with Crippen LogP contribution in [0.1, 0.15) is 11.1 Å². The van der Waals surface area contributed by atoms with E-state index >= 15 is 0 Å². The summed E-state index contributed by atoms with van der Waals surface area (Å²) >= 11 is 9.60. The average Bonchev–Trinajstić information content (AvgIpc) is 3.25. The summed E-state index contributed by atoms with van der Waals surface area (Å²) in [4.78, 5) is 15.1. The van der Waals surface area contributed by atoms with E-state index in [1.54, 1.807) is 6.33 Å². The molecule has 31 heavy (non-hydrogen) atoms. The van der Waals surface area contributed by atoms with Gasteiger partial charge in [-0.05, 0) is 36.2 Å². The van der Waals surface area contributed by atoms with Gasteiger partial charge in [0.1, 0.15) is 6.33 Å². The van der Waals surface area contributed by atoms with Crippen molar-refractivity contribution in [1.82, 2.24) is 19.7 Å². The monoisotopic (exact) mass is 473 g/mol. The van der Waals surface area contributed by atoms with Crippen molar-refractivity contribution in [3.63, 3.8) is 0 Å². The lowest BCUT2D eigenvalue weighted by molar-refractivity contribution is -0.113. The van der Waals surface area contributed by atoms with Crippen LogP contribution in [0.15, 0.2) is 53.9 Å². The summed E-state index contributed by atoms with van der Waals surface area (Å²) in [6.07, 6.45) is 1.63. The lowest BCUT2D eigenvalue weighted by Gasteiger charge is -2.27. The van der Waals surface area contributed by atoms with Crippen LogP contribution in [0.25, 0.3) is 5.69 Å². The van der Waals surface area contributed by atoms with E-state index in [-0.39, 0.29) is 11.7 Å². The molecule has 0 aliphatic carbocycles. The molecule has 0 spiro atoms. The van der Waals surface area contributed by atoms with Gasteiger partial charge in [0.25, 0.3) is 0 Å². The molecule has 9 heteroatoms. The SMILES string of the molecule is Cc1ccc(-n2cnnc2SCC(=O)Nc2ccccc2CN2CCSCC2)cc1Cl. The molecule has 1 amide bonds. The summed E-state index contributed by atoms with van der Waals surface area (Å²) in [5, 5.41) is 12.6. The standard InChI is InChI=1S/C22H24ClN5OS2/c1-16-6-7-18(12-19(16)23)28-15-24-26-22(28)31-14-21(29)25-20-5-3-2-4-17(20)13-27-8-10-30-11-9-27/h2-7,12,15H,8-11,13-14H2,1H3,(H,25,29). The highest BCUT2D eigenvalue weighted by molar-refractivity contribution is 7.99. The zero-order chi connectivity index (χ0) is 21.6. The molecule has 0 atom stereocenters. The molecule has 0 saturated carbocycles. The summed E-state index contributed by atoms with van der Waals surface area (Å²) in [6.45, 7) is 4.98. The highest BCUT2D eigenvalue weighted by atomic mass is 35.5. The fourth-order valence-corrected chi connectivity index (χ4v) is 5.21. The number of halogens is 1. The number of hydrogen-bond donors (Lipinski definition) is 1. The van der Waals surface area contributed by atoms with Crippen molar-refractivity contribution in [1.29, 1.82) is 0 Å². The number of aryl methyl sites for hydroxylation is 1. The molecule has 1 aliphatic heterocycles. The van der Waals surface area contributed by atoms with Crippen molar-refractivity contribution in [2.75, 3.05) is 35.7 Å². The maximum atomic E-state index is 12.7. The van der Waals surface area contributed by atoms with Gasteiger partial charge in [0.2, 0.25) is 5.91 Å². The van der Waals surface area contributed by atoms with E-state index in [2.05, 4.69) is 26.5 Å². The molecule has 2 aromatic carbocycles. The number of nitrogens with zero attached hydrogens (tertiary/aromatic N) is 4. The number of carbonyl (C=O) groups is 1. The molecule has 4 rings (SSSR count). The third-order valence-electron chi connectivity index (χ3n) is 5.07. The second kappa shape index (κ2) is 10.5. The lowest BCUT2D eigenvalue weighted by Crippen LogP contribution is -2.32. The first kappa shape index (κ1) is 22.2. The Morgan fingerprint density at radius 2 is 2.03 bits per heavy atom. The molecule has 6 nitrogen and oxygen atoms in total. The molecule has 0 bridgehead atoms. The maximum absolute atomic E-state index is 12.7. The number of aromatic nitrogens is 3. The van der Waals surface area contributed by atoms with Crippen LogP contribution < -0.4 is 5.32 Å². The number of rotatable bonds is 7. The Balaban J connectivity index is 1.38. The second-order valence-corrected chi connectivity index (χ2v) is 9.87. The minimum atomic E-state index is -0.0665. The Morgan fingerprint density at radius 1 is 1.23 bits per heavy atom. The average molecular weight is 474 g/mol. The first-order valence-corrected chi connectivity index (χ1v) is 12.6. The quantitative estimate of drug-likeness (QED) is 0.509. The van der Waals surface area contributed by atoms with Gasteiger partial charge in [0.15, 0.2) is 5.16 Å². The van der Waals surface area contributed by atoms with Gasteiger partial charge in [-0.3, -0.25) is 14.3 Å². The number of para-hydroxylation sites is 1. The van der Waals surface area contributed by atoms with Crippen molar-refractivity contribution in [3.05, 3.63) is 64.9 Å². The molecular weight excluding hydrogens is 450 g/mol. The van der Waals surface area contributed by atoms with Gasteiger partial charge in [-0.15, -0.1) is 10.2 Å². The Kier molecular flexibility index (Phi) is 7.55. The van der Waals surface area contributed by atoms with E-state index in [1.807, 2.05) is 59.7 Å². The van der Waals surface area contributed by atoms with E-state index in [0.29, 0.717) is 10.2 Å². The summed E-state index contributed by atoms with van der Waals surface area (Å²) in [5.41, 5.74) is 3.89. The largest absolute Gasteiger partial charge is 0.325 e. The summed E-state index contributed by atoms with van der Waals surface area (Å²) in [5.74, 6) is 2.51. The molecule has 1 fully saturated rings. The fraction of sp³-hybridized carbons (Fsp3) is 0.318. The molecule has 3 aromatic rings. The van der Waals surface area contributed by atoms with E-state index in [1.165, 1.54) is 11.8 Å².